The first-order valence-corrected chi connectivity index (χ1v) is 6.69. The molecule has 4 nitrogen and oxygen atoms in total. The van der Waals surface area contributed by atoms with Crippen LogP contribution in [0.5, 0.6) is 0 Å². The van der Waals surface area contributed by atoms with Crippen molar-refractivity contribution in [1.29, 1.82) is 0 Å². The van der Waals surface area contributed by atoms with Crippen molar-refractivity contribution < 1.29 is 14.6 Å². The standard InChI is InChI=1S/C15H23NO3/c1-4-14(9-17)16-15(18)13-7-5-12(6-8-13)10-19-11(2)3/h5-8,11,14,17H,4,9-10H2,1-3H3,(H,16,18). The predicted molar refractivity (Wildman–Crippen MR) is 75.0 cm³/mol. The lowest BCUT2D eigenvalue weighted by atomic mass is 10.1. The molecule has 0 aliphatic carbocycles. The topological polar surface area (TPSA) is 58.6 Å². The molecule has 1 amide bonds. The van der Waals surface area contributed by atoms with E-state index in [0.29, 0.717) is 18.6 Å². The van der Waals surface area contributed by atoms with Crippen LogP contribution in [0, 0.1) is 0 Å². The van der Waals surface area contributed by atoms with Crippen molar-refractivity contribution in [2.24, 2.45) is 0 Å². The lowest BCUT2D eigenvalue weighted by Gasteiger charge is -2.14. The third kappa shape index (κ3) is 5.41. The van der Waals surface area contributed by atoms with Gasteiger partial charge in [0.15, 0.2) is 0 Å². The summed E-state index contributed by atoms with van der Waals surface area (Å²) >= 11 is 0. The summed E-state index contributed by atoms with van der Waals surface area (Å²) in [6.07, 6.45) is 0.903. The number of amides is 1. The maximum atomic E-state index is 11.9. The summed E-state index contributed by atoms with van der Waals surface area (Å²) < 4.78 is 5.49. The Kier molecular flexibility index (Phi) is 6.53. The molecule has 2 N–H and O–H groups in total. The van der Waals surface area contributed by atoms with E-state index in [1.807, 2.05) is 32.9 Å². The number of aliphatic hydroxyl groups is 1. The summed E-state index contributed by atoms with van der Waals surface area (Å²) in [4.78, 5) is 11.9. The van der Waals surface area contributed by atoms with Gasteiger partial charge in [0.2, 0.25) is 0 Å². The van der Waals surface area contributed by atoms with E-state index in [-0.39, 0.29) is 24.7 Å². The average Bonchev–Trinajstić information content (AvgIpc) is 2.42. The highest BCUT2D eigenvalue weighted by Gasteiger charge is 2.11. The third-order valence-electron chi connectivity index (χ3n) is 2.85. The van der Waals surface area contributed by atoms with Gasteiger partial charge in [0, 0.05) is 5.56 Å². The quantitative estimate of drug-likeness (QED) is 0.794. The van der Waals surface area contributed by atoms with Crippen molar-refractivity contribution in [1.82, 2.24) is 5.32 Å². The number of carbonyl (C=O) groups is 1. The average molecular weight is 265 g/mol. The molecule has 0 aliphatic heterocycles. The second-order valence-electron chi connectivity index (χ2n) is 4.82. The van der Waals surface area contributed by atoms with E-state index in [1.54, 1.807) is 12.1 Å². The minimum Gasteiger partial charge on any atom is -0.394 e. The Balaban J connectivity index is 2.57. The summed E-state index contributed by atoms with van der Waals surface area (Å²) in [5, 5.41) is 11.8. The highest BCUT2D eigenvalue weighted by atomic mass is 16.5. The first-order chi connectivity index (χ1) is 9.06. The number of benzene rings is 1. The van der Waals surface area contributed by atoms with Gasteiger partial charge in [-0.3, -0.25) is 4.79 Å². The first-order valence-electron chi connectivity index (χ1n) is 6.69. The third-order valence-corrected chi connectivity index (χ3v) is 2.85. The number of rotatable bonds is 7. The Hall–Kier alpha value is -1.39. The number of nitrogens with one attached hydrogen (secondary N) is 1. The largest absolute Gasteiger partial charge is 0.394 e. The summed E-state index contributed by atoms with van der Waals surface area (Å²) in [7, 11) is 0. The minimum absolute atomic E-state index is 0.0391. The molecule has 0 bridgehead atoms. The highest BCUT2D eigenvalue weighted by molar-refractivity contribution is 5.94. The molecule has 0 fully saturated rings. The lowest BCUT2D eigenvalue weighted by Crippen LogP contribution is -2.36. The molecule has 0 saturated heterocycles. The van der Waals surface area contributed by atoms with Crippen molar-refractivity contribution in [2.75, 3.05) is 6.61 Å². The fourth-order valence-electron chi connectivity index (χ4n) is 1.56. The van der Waals surface area contributed by atoms with Crippen molar-refractivity contribution in [2.45, 2.75) is 45.9 Å². The SMILES string of the molecule is CCC(CO)NC(=O)c1ccc(COC(C)C)cc1. The number of hydrogen-bond acceptors (Lipinski definition) is 3. The van der Waals surface area contributed by atoms with E-state index in [1.165, 1.54) is 0 Å². The van der Waals surface area contributed by atoms with Gasteiger partial charge in [-0.15, -0.1) is 0 Å². The summed E-state index contributed by atoms with van der Waals surface area (Å²) in [5.74, 6) is -0.155. The normalized spacial score (nSPS) is 12.5. The van der Waals surface area contributed by atoms with Crippen LogP contribution < -0.4 is 5.32 Å². The van der Waals surface area contributed by atoms with Gasteiger partial charge in [0.25, 0.3) is 5.91 Å². The molecule has 0 radical (unpaired) electrons. The molecule has 1 rings (SSSR count). The van der Waals surface area contributed by atoms with Gasteiger partial charge in [-0.2, -0.15) is 0 Å². The van der Waals surface area contributed by atoms with Crippen molar-refractivity contribution in [3.05, 3.63) is 35.4 Å². The van der Waals surface area contributed by atoms with Crippen molar-refractivity contribution >= 4 is 5.91 Å². The zero-order valence-electron chi connectivity index (χ0n) is 11.8. The van der Waals surface area contributed by atoms with Gasteiger partial charge < -0.3 is 15.2 Å². The molecule has 0 aromatic heterocycles. The Labute approximate surface area is 114 Å². The van der Waals surface area contributed by atoms with Gasteiger partial charge >= 0.3 is 0 Å². The predicted octanol–water partition coefficient (Wildman–Crippen LogP) is 2.11. The van der Waals surface area contributed by atoms with E-state index in [0.717, 1.165) is 5.56 Å². The van der Waals surface area contributed by atoms with Crippen LogP contribution in [0.3, 0.4) is 0 Å². The highest BCUT2D eigenvalue weighted by Crippen LogP contribution is 2.07. The molecular formula is C15H23NO3. The molecule has 4 heteroatoms. The van der Waals surface area contributed by atoms with Crippen molar-refractivity contribution in [3.63, 3.8) is 0 Å². The fourth-order valence-corrected chi connectivity index (χ4v) is 1.56. The first kappa shape index (κ1) is 15.7. The van der Waals surface area contributed by atoms with Crippen LogP contribution in [-0.2, 0) is 11.3 Å². The van der Waals surface area contributed by atoms with Crippen molar-refractivity contribution in [3.8, 4) is 0 Å². The van der Waals surface area contributed by atoms with Crippen LogP contribution in [0.15, 0.2) is 24.3 Å². The van der Waals surface area contributed by atoms with Gasteiger partial charge in [-0.25, -0.2) is 0 Å². The fraction of sp³-hybridized carbons (Fsp3) is 0.533. The molecule has 0 saturated carbocycles. The number of hydrogen-bond donors (Lipinski definition) is 2. The smallest absolute Gasteiger partial charge is 0.251 e. The van der Waals surface area contributed by atoms with Gasteiger partial charge in [0.05, 0.1) is 25.4 Å². The Morgan fingerprint density at radius 3 is 2.42 bits per heavy atom. The van der Waals surface area contributed by atoms with Crippen LogP contribution in [0.1, 0.15) is 43.1 Å². The van der Waals surface area contributed by atoms with Crippen LogP contribution in [0.25, 0.3) is 0 Å². The molecule has 0 aliphatic rings. The summed E-state index contributed by atoms with van der Waals surface area (Å²) in [5.41, 5.74) is 1.64. The maximum Gasteiger partial charge on any atom is 0.251 e. The lowest BCUT2D eigenvalue weighted by molar-refractivity contribution is 0.0656. The Bertz CT molecular complexity index is 383. The Morgan fingerprint density at radius 1 is 1.32 bits per heavy atom. The van der Waals surface area contributed by atoms with Crippen LogP contribution in [-0.4, -0.2) is 29.8 Å². The molecule has 19 heavy (non-hydrogen) atoms. The van der Waals surface area contributed by atoms with E-state index in [4.69, 9.17) is 9.84 Å². The second kappa shape index (κ2) is 7.92. The van der Waals surface area contributed by atoms with E-state index in [2.05, 4.69) is 5.32 Å². The van der Waals surface area contributed by atoms with Gasteiger partial charge in [0.1, 0.15) is 0 Å². The van der Waals surface area contributed by atoms with Gasteiger partial charge in [-0.1, -0.05) is 19.1 Å². The Morgan fingerprint density at radius 2 is 1.95 bits per heavy atom. The van der Waals surface area contributed by atoms with Crippen LogP contribution in [0.4, 0.5) is 0 Å². The molecule has 1 aromatic carbocycles. The molecule has 0 spiro atoms. The van der Waals surface area contributed by atoms with Crippen LogP contribution >= 0.6 is 0 Å². The molecule has 1 unspecified atom stereocenters. The maximum absolute atomic E-state index is 11.9. The molecular weight excluding hydrogens is 242 g/mol. The molecule has 106 valence electrons. The second-order valence-corrected chi connectivity index (χ2v) is 4.82. The summed E-state index contributed by atoms with van der Waals surface area (Å²) in [6, 6.07) is 7.14. The van der Waals surface area contributed by atoms with E-state index in [9.17, 15) is 4.79 Å². The molecule has 1 aromatic rings. The van der Waals surface area contributed by atoms with E-state index >= 15 is 0 Å². The zero-order chi connectivity index (χ0) is 14.3. The number of ether oxygens (including phenoxy) is 1. The number of carbonyl (C=O) groups excluding carboxylic acids is 1. The molecule has 0 heterocycles. The molecule has 1 atom stereocenters. The minimum atomic E-state index is -0.184. The van der Waals surface area contributed by atoms with Crippen LogP contribution in [0.2, 0.25) is 0 Å². The van der Waals surface area contributed by atoms with Gasteiger partial charge in [-0.05, 0) is 38.0 Å². The zero-order valence-corrected chi connectivity index (χ0v) is 11.8. The summed E-state index contributed by atoms with van der Waals surface area (Å²) in [6.45, 7) is 6.41. The van der Waals surface area contributed by atoms with E-state index < -0.39 is 0 Å². The number of aliphatic hydroxyl groups excluding tert-OH is 1. The monoisotopic (exact) mass is 265 g/mol.